The van der Waals surface area contributed by atoms with Crippen molar-refractivity contribution in [1.82, 2.24) is 16.0 Å². The van der Waals surface area contributed by atoms with E-state index >= 15 is 0 Å². The highest BCUT2D eigenvalue weighted by molar-refractivity contribution is 6.03. The third-order valence-corrected chi connectivity index (χ3v) is 7.72. The van der Waals surface area contributed by atoms with Crippen LogP contribution in [0.4, 0.5) is 23.7 Å². The molecule has 1 aliphatic heterocycles. The first-order valence-corrected chi connectivity index (χ1v) is 13.6. The molecule has 0 aromatic heterocycles. The van der Waals surface area contributed by atoms with Crippen LogP contribution in [0.3, 0.4) is 0 Å². The fourth-order valence-corrected chi connectivity index (χ4v) is 5.62. The highest BCUT2D eigenvalue weighted by atomic mass is 35.5. The molecule has 3 N–H and O–H groups in total. The lowest BCUT2D eigenvalue weighted by atomic mass is 9.69. The number of nitriles is 1. The zero-order valence-corrected chi connectivity index (χ0v) is 24.5. The number of amides is 3. The molecule has 4 rings (SSSR count). The molecular weight excluding hydrogens is 587 g/mol. The molecule has 230 valence electrons. The van der Waals surface area contributed by atoms with Gasteiger partial charge in [-0.15, -0.1) is 12.4 Å². The smallest absolute Gasteiger partial charge is 0.320 e. The summed E-state index contributed by atoms with van der Waals surface area (Å²) in [6.07, 6.45) is 1.04. The first-order chi connectivity index (χ1) is 20.1. The Hall–Kier alpha value is -3.92. The van der Waals surface area contributed by atoms with Gasteiger partial charge in [-0.05, 0) is 38.2 Å². The first kappa shape index (κ1) is 33.6. The summed E-state index contributed by atoms with van der Waals surface area (Å²) in [6.45, 7) is 1.20. The van der Waals surface area contributed by atoms with Gasteiger partial charge in [-0.25, -0.2) is 18.0 Å². The van der Waals surface area contributed by atoms with Crippen molar-refractivity contribution in [2.75, 3.05) is 25.2 Å². The predicted molar refractivity (Wildman–Crippen MR) is 155 cm³/mol. The van der Waals surface area contributed by atoms with Gasteiger partial charge in [0.2, 0.25) is 5.91 Å². The Kier molecular flexibility index (Phi) is 11.3. The van der Waals surface area contributed by atoms with Crippen LogP contribution in [0, 0.1) is 28.8 Å². The van der Waals surface area contributed by atoms with Gasteiger partial charge < -0.3 is 20.7 Å². The summed E-state index contributed by atoms with van der Waals surface area (Å²) in [5, 5.41) is 18.2. The van der Waals surface area contributed by atoms with Crippen molar-refractivity contribution in [2.45, 2.75) is 56.7 Å². The normalized spacial score (nSPS) is 21.6. The van der Waals surface area contributed by atoms with Crippen LogP contribution >= 0.6 is 12.4 Å². The van der Waals surface area contributed by atoms with Crippen molar-refractivity contribution in [3.05, 3.63) is 76.7 Å². The van der Waals surface area contributed by atoms with E-state index in [0.29, 0.717) is 37.8 Å². The summed E-state index contributed by atoms with van der Waals surface area (Å²) < 4.78 is 47.5. The SMILES string of the molecule is COCC1=C(C(C)=O)C(N(C(=O)CCNC2CCC(C#N)(c3ccccc3)CC2)c2cc(F)c(F)c(F)c2)NC(=O)N1.Cl. The minimum absolute atomic E-state index is 0. The molecule has 1 fully saturated rings. The van der Waals surface area contributed by atoms with E-state index in [1.165, 1.54) is 14.0 Å². The van der Waals surface area contributed by atoms with Crippen molar-refractivity contribution in [3.63, 3.8) is 0 Å². The number of rotatable bonds is 10. The van der Waals surface area contributed by atoms with Gasteiger partial charge in [0.15, 0.2) is 23.2 Å². The summed E-state index contributed by atoms with van der Waals surface area (Å²) in [4.78, 5) is 39.6. The quantitative estimate of drug-likeness (QED) is 0.340. The number of hydrogen-bond donors (Lipinski definition) is 3. The van der Waals surface area contributed by atoms with E-state index in [1.54, 1.807) is 0 Å². The lowest BCUT2D eigenvalue weighted by molar-refractivity contribution is -0.119. The van der Waals surface area contributed by atoms with Crippen LogP contribution in [-0.2, 0) is 19.7 Å². The maximum atomic E-state index is 14.3. The van der Waals surface area contributed by atoms with Crippen molar-refractivity contribution in [3.8, 4) is 6.07 Å². The van der Waals surface area contributed by atoms with Crippen molar-refractivity contribution < 1.29 is 32.3 Å². The Morgan fingerprint density at radius 2 is 1.77 bits per heavy atom. The molecule has 43 heavy (non-hydrogen) atoms. The zero-order valence-electron chi connectivity index (χ0n) is 23.7. The number of anilines is 1. The van der Waals surface area contributed by atoms with Gasteiger partial charge >= 0.3 is 6.03 Å². The average molecular weight is 620 g/mol. The van der Waals surface area contributed by atoms with Gasteiger partial charge in [-0.3, -0.25) is 14.5 Å². The Bertz CT molecular complexity index is 1400. The molecule has 1 unspecified atom stereocenters. The molecule has 0 bridgehead atoms. The fourth-order valence-electron chi connectivity index (χ4n) is 5.62. The van der Waals surface area contributed by atoms with Crippen LogP contribution in [0.5, 0.6) is 0 Å². The second-order valence-electron chi connectivity index (χ2n) is 10.4. The average Bonchev–Trinajstić information content (AvgIpc) is 2.96. The molecule has 1 saturated carbocycles. The first-order valence-electron chi connectivity index (χ1n) is 13.6. The number of nitrogens with one attached hydrogen (secondary N) is 3. The van der Waals surface area contributed by atoms with Gasteiger partial charge in [0.05, 0.1) is 35.0 Å². The number of Topliss-reactive ketones (excluding diaryl/α,β-unsaturated/α-hetero) is 1. The van der Waals surface area contributed by atoms with Gasteiger partial charge in [-0.2, -0.15) is 5.26 Å². The third-order valence-electron chi connectivity index (χ3n) is 7.72. The van der Waals surface area contributed by atoms with Gasteiger partial charge in [0, 0.05) is 38.2 Å². The van der Waals surface area contributed by atoms with E-state index in [9.17, 15) is 32.8 Å². The zero-order chi connectivity index (χ0) is 30.4. The Morgan fingerprint density at radius 1 is 1.14 bits per heavy atom. The van der Waals surface area contributed by atoms with Crippen molar-refractivity contribution in [1.29, 1.82) is 5.26 Å². The fraction of sp³-hybridized carbons (Fsp3) is 0.400. The Balaban J connectivity index is 0.00000506. The largest absolute Gasteiger partial charge is 0.378 e. The van der Waals surface area contributed by atoms with Crippen LogP contribution in [-0.4, -0.2) is 50.2 Å². The van der Waals surface area contributed by atoms with E-state index in [0.717, 1.165) is 10.5 Å². The number of carbonyl (C=O) groups excluding carboxylic acids is 3. The number of hydrogen-bond acceptors (Lipinski definition) is 6. The maximum absolute atomic E-state index is 14.3. The Labute approximate surface area is 253 Å². The molecular formula is C30H33ClF3N5O4. The van der Waals surface area contributed by atoms with Crippen molar-refractivity contribution in [2.24, 2.45) is 0 Å². The molecule has 0 radical (unpaired) electrons. The van der Waals surface area contributed by atoms with E-state index in [1.807, 2.05) is 30.3 Å². The molecule has 0 saturated heterocycles. The van der Waals surface area contributed by atoms with Gasteiger partial charge in [0.25, 0.3) is 0 Å². The molecule has 2 aromatic rings. The number of halogens is 4. The highest BCUT2D eigenvalue weighted by Crippen LogP contribution is 2.39. The molecule has 1 heterocycles. The van der Waals surface area contributed by atoms with E-state index < -0.39 is 46.8 Å². The molecule has 1 aliphatic carbocycles. The number of nitrogens with zero attached hydrogens (tertiary/aromatic N) is 2. The minimum atomic E-state index is -1.72. The maximum Gasteiger partial charge on any atom is 0.320 e. The third kappa shape index (κ3) is 7.36. The summed E-state index contributed by atoms with van der Waals surface area (Å²) >= 11 is 0. The predicted octanol–water partition coefficient (Wildman–Crippen LogP) is 4.37. The van der Waals surface area contributed by atoms with E-state index in [-0.39, 0.29) is 55.0 Å². The lowest BCUT2D eigenvalue weighted by Crippen LogP contribution is -2.60. The molecule has 13 heteroatoms. The van der Waals surface area contributed by atoms with Gasteiger partial charge in [0.1, 0.15) is 6.17 Å². The van der Waals surface area contributed by atoms with E-state index in [4.69, 9.17) is 4.74 Å². The highest BCUT2D eigenvalue weighted by Gasteiger charge is 2.39. The lowest BCUT2D eigenvalue weighted by Gasteiger charge is -2.38. The number of benzene rings is 2. The van der Waals surface area contributed by atoms with Crippen LogP contribution in [0.2, 0.25) is 0 Å². The molecule has 2 aliphatic rings. The number of ether oxygens (including phenoxy) is 1. The minimum Gasteiger partial charge on any atom is -0.378 e. The second kappa shape index (κ2) is 14.5. The van der Waals surface area contributed by atoms with Gasteiger partial charge in [-0.1, -0.05) is 30.3 Å². The van der Waals surface area contributed by atoms with Crippen molar-refractivity contribution >= 4 is 35.8 Å². The number of carbonyl (C=O) groups is 3. The Morgan fingerprint density at radius 3 is 2.33 bits per heavy atom. The second-order valence-corrected chi connectivity index (χ2v) is 10.4. The molecule has 2 aromatic carbocycles. The van der Waals surface area contributed by atoms with Crippen LogP contribution in [0.15, 0.2) is 53.7 Å². The standard InChI is InChI=1S/C30H32F3N5O4.ClH/c1-18(39)26-24(16-42-2)36-29(41)37-28(26)38(21-14-22(31)27(33)23(32)15-21)25(40)10-13-35-20-8-11-30(17-34,12-9-20)19-6-4-3-5-7-19;/h3-7,14-15,20,28,35H,8-13,16H2,1-2H3,(H2,36,37,41);1H. The van der Waals surface area contributed by atoms with Crippen LogP contribution in [0.25, 0.3) is 0 Å². The monoisotopic (exact) mass is 619 g/mol. The molecule has 1 atom stereocenters. The molecule has 9 nitrogen and oxygen atoms in total. The summed E-state index contributed by atoms with van der Waals surface area (Å²) in [5.41, 5.74) is 0.0502. The number of ketones is 1. The van der Waals surface area contributed by atoms with Crippen LogP contribution < -0.4 is 20.9 Å². The molecule has 3 amide bonds. The van der Waals surface area contributed by atoms with E-state index in [2.05, 4.69) is 22.0 Å². The number of methoxy groups -OCH3 is 1. The summed E-state index contributed by atoms with van der Waals surface area (Å²) in [6, 6.07) is 12.6. The number of urea groups is 1. The summed E-state index contributed by atoms with van der Waals surface area (Å²) in [7, 11) is 1.35. The summed E-state index contributed by atoms with van der Waals surface area (Å²) in [5.74, 6) is -5.99. The molecule has 0 spiro atoms. The van der Waals surface area contributed by atoms with Crippen LogP contribution in [0.1, 0.15) is 44.6 Å². The topological polar surface area (TPSA) is 124 Å².